The van der Waals surface area contributed by atoms with Crippen LogP contribution < -0.4 is 10.6 Å². The number of carboxylic acid groups (broad SMARTS) is 1. The predicted molar refractivity (Wildman–Crippen MR) is 60.9 cm³/mol. The van der Waals surface area contributed by atoms with Crippen LogP contribution in [-0.2, 0) is 4.79 Å². The Morgan fingerprint density at radius 2 is 1.90 bits per heavy atom. The van der Waals surface area contributed by atoms with E-state index in [0.29, 0.717) is 0 Å². The summed E-state index contributed by atoms with van der Waals surface area (Å²) in [6.07, 6.45) is -4.47. The average molecular weight is 294 g/mol. The van der Waals surface area contributed by atoms with E-state index in [-0.39, 0.29) is 5.69 Å². The van der Waals surface area contributed by atoms with Gasteiger partial charge < -0.3 is 15.7 Å². The molecule has 20 heavy (non-hydrogen) atoms. The van der Waals surface area contributed by atoms with Crippen molar-refractivity contribution in [1.29, 1.82) is 0 Å². The number of amides is 1. The third kappa shape index (κ3) is 4.84. The molecule has 1 amide bonds. The maximum Gasteiger partial charge on any atom is 0.401 e. The van der Waals surface area contributed by atoms with Gasteiger partial charge in [-0.3, -0.25) is 4.79 Å². The van der Waals surface area contributed by atoms with Crippen molar-refractivity contribution in [3.05, 3.63) is 29.6 Å². The Balaban J connectivity index is 2.67. The summed E-state index contributed by atoms with van der Waals surface area (Å²) in [4.78, 5) is 22.1. The number of halogens is 4. The number of anilines is 1. The lowest BCUT2D eigenvalue weighted by molar-refractivity contribution is -0.126. The first-order chi connectivity index (χ1) is 9.20. The monoisotopic (exact) mass is 294 g/mol. The standard InChI is InChI=1S/C11H10F4N2O3/c12-6-2-1-3-7(9(6)10(19)20)17-8(18)4-16-5-11(13,14)15/h1-3,16H,4-5H2,(H,17,18)(H,19,20). The number of benzene rings is 1. The molecule has 1 rings (SSSR count). The van der Waals surface area contributed by atoms with Gasteiger partial charge in [0.05, 0.1) is 18.8 Å². The van der Waals surface area contributed by atoms with Gasteiger partial charge in [0.2, 0.25) is 5.91 Å². The Morgan fingerprint density at radius 3 is 2.45 bits per heavy atom. The van der Waals surface area contributed by atoms with E-state index in [4.69, 9.17) is 5.11 Å². The minimum absolute atomic E-state index is 0.323. The molecule has 0 aliphatic rings. The fourth-order valence-corrected chi connectivity index (χ4v) is 1.36. The summed E-state index contributed by atoms with van der Waals surface area (Å²) < 4.78 is 48.8. The maximum atomic E-state index is 13.3. The molecule has 0 radical (unpaired) electrons. The normalized spacial score (nSPS) is 11.2. The predicted octanol–water partition coefficient (Wildman–Crippen LogP) is 1.61. The van der Waals surface area contributed by atoms with E-state index >= 15 is 0 Å². The van der Waals surface area contributed by atoms with Crippen LogP contribution >= 0.6 is 0 Å². The van der Waals surface area contributed by atoms with Crippen LogP contribution in [0.4, 0.5) is 23.2 Å². The second kappa shape index (κ2) is 6.33. The molecular weight excluding hydrogens is 284 g/mol. The van der Waals surface area contributed by atoms with E-state index in [1.807, 2.05) is 10.6 Å². The molecule has 1 aromatic carbocycles. The Labute approximate surface area is 110 Å². The van der Waals surface area contributed by atoms with Gasteiger partial charge in [0.25, 0.3) is 0 Å². The summed E-state index contributed by atoms with van der Waals surface area (Å²) in [5.74, 6) is -3.57. The van der Waals surface area contributed by atoms with Crippen molar-refractivity contribution in [2.75, 3.05) is 18.4 Å². The van der Waals surface area contributed by atoms with Crippen molar-refractivity contribution in [2.24, 2.45) is 0 Å². The smallest absolute Gasteiger partial charge is 0.401 e. The van der Waals surface area contributed by atoms with Crippen molar-refractivity contribution in [2.45, 2.75) is 6.18 Å². The van der Waals surface area contributed by atoms with Crippen LogP contribution in [0, 0.1) is 5.82 Å². The first-order valence-corrected chi connectivity index (χ1v) is 5.30. The lowest BCUT2D eigenvalue weighted by Crippen LogP contribution is -2.35. The van der Waals surface area contributed by atoms with Gasteiger partial charge in [0.1, 0.15) is 11.4 Å². The molecule has 0 saturated carbocycles. The zero-order chi connectivity index (χ0) is 15.3. The van der Waals surface area contributed by atoms with Crippen LogP contribution in [0.25, 0.3) is 0 Å². The van der Waals surface area contributed by atoms with E-state index in [0.717, 1.165) is 12.1 Å². The van der Waals surface area contributed by atoms with Gasteiger partial charge in [-0.1, -0.05) is 6.07 Å². The fraction of sp³-hybridized carbons (Fsp3) is 0.273. The summed E-state index contributed by atoms with van der Waals surface area (Å²) in [7, 11) is 0. The first kappa shape index (κ1) is 15.9. The highest BCUT2D eigenvalue weighted by atomic mass is 19.4. The molecule has 0 fully saturated rings. The molecule has 110 valence electrons. The Bertz CT molecular complexity index is 517. The summed E-state index contributed by atoms with van der Waals surface area (Å²) in [5.41, 5.74) is -1.08. The van der Waals surface area contributed by atoms with Crippen LogP contribution in [0.1, 0.15) is 10.4 Å². The third-order valence-electron chi connectivity index (χ3n) is 2.11. The number of nitrogens with one attached hydrogen (secondary N) is 2. The van der Waals surface area contributed by atoms with E-state index in [9.17, 15) is 27.2 Å². The van der Waals surface area contributed by atoms with E-state index in [2.05, 4.69) is 0 Å². The molecule has 0 aliphatic heterocycles. The van der Waals surface area contributed by atoms with Crippen molar-refractivity contribution >= 4 is 17.6 Å². The Morgan fingerprint density at radius 1 is 1.25 bits per heavy atom. The number of hydrogen-bond acceptors (Lipinski definition) is 3. The number of carbonyl (C=O) groups is 2. The summed E-state index contributed by atoms with van der Waals surface area (Å²) in [5, 5.41) is 12.6. The molecule has 0 bridgehead atoms. The van der Waals surface area contributed by atoms with Gasteiger partial charge in [-0.25, -0.2) is 9.18 Å². The molecule has 1 aromatic rings. The highest BCUT2D eigenvalue weighted by Gasteiger charge is 2.26. The fourth-order valence-electron chi connectivity index (χ4n) is 1.36. The van der Waals surface area contributed by atoms with E-state index in [1.165, 1.54) is 6.07 Å². The van der Waals surface area contributed by atoms with Crippen LogP contribution in [0.3, 0.4) is 0 Å². The largest absolute Gasteiger partial charge is 0.478 e. The van der Waals surface area contributed by atoms with Gasteiger partial charge in [0, 0.05) is 0 Å². The molecule has 0 aliphatic carbocycles. The highest BCUT2D eigenvalue weighted by molar-refractivity contribution is 6.01. The number of carbonyl (C=O) groups excluding carboxylic acids is 1. The molecule has 0 heterocycles. The maximum absolute atomic E-state index is 13.3. The zero-order valence-electron chi connectivity index (χ0n) is 9.92. The van der Waals surface area contributed by atoms with Crippen molar-refractivity contribution in [1.82, 2.24) is 5.32 Å². The van der Waals surface area contributed by atoms with Crippen LogP contribution in [0.2, 0.25) is 0 Å². The highest BCUT2D eigenvalue weighted by Crippen LogP contribution is 2.18. The number of hydrogen-bond donors (Lipinski definition) is 3. The molecule has 3 N–H and O–H groups in total. The second-order valence-corrected chi connectivity index (χ2v) is 3.73. The SMILES string of the molecule is O=C(CNCC(F)(F)F)Nc1cccc(F)c1C(=O)O. The average Bonchev–Trinajstić information content (AvgIpc) is 2.26. The van der Waals surface area contributed by atoms with Gasteiger partial charge in [0.15, 0.2) is 0 Å². The lowest BCUT2D eigenvalue weighted by atomic mass is 10.1. The number of aromatic carboxylic acids is 1. The topological polar surface area (TPSA) is 78.4 Å². The Kier molecular flexibility index (Phi) is 5.03. The van der Waals surface area contributed by atoms with Gasteiger partial charge in [-0.2, -0.15) is 13.2 Å². The molecule has 0 unspecified atom stereocenters. The van der Waals surface area contributed by atoms with Gasteiger partial charge >= 0.3 is 12.1 Å². The van der Waals surface area contributed by atoms with Crippen molar-refractivity contribution < 1.29 is 32.3 Å². The molecule has 9 heteroatoms. The number of alkyl halides is 3. The molecule has 0 aromatic heterocycles. The minimum Gasteiger partial charge on any atom is -0.478 e. The van der Waals surface area contributed by atoms with E-state index < -0.39 is 42.5 Å². The van der Waals surface area contributed by atoms with Crippen LogP contribution in [0.5, 0.6) is 0 Å². The number of carboxylic acids is 1. The van der Waals surface area contributed by atoms with Gasteiger partial charge in [-0.05, 0) is 12.1 Å². The quantitative estimate of drug-likeness (QED) is 0.721. The lowest BCUT2D eigenvalue weighted by Gasteiger charge is -2.10. The summed E-state index contributed by atoms with van der Waals surface area (Å²) >= 11 is 0. The first-order valence-electron chi connectivity index (χ1n) is 5.30. The van der Waals surface area contributed by atoms with Crippen LogP contribution in [-0.4, -0.2) is 36.2 Å². The molecule has 0 saturated heterocycles. The van der Waals surface area contributed by atoms with Crippen molar-refractivity contribution in [3.8, 4) is 0 Å². The summed E-state index contributed by atoms with van der Waals surface area (Å²) in [6.45, 7) is -2.05. The van der Waals surface area contributed by atoms with Crippen molar-refractivity contribution in [3.63, 3.8) is 0 Å². The minimum atomic E-state index is -4.47. The number of rotatable bonds is 5. The van der Waals surface area contributed by atoms with E-state index in [1.54, 1.807) is 0 Å². The zero-order valence-corrected chi connectivity index (χ0v) is 9.92. The van der Waals surface area contributed by atoms with Gasteiger partial charge in [-0.15, -0.1) is 0 Å². The third-order valence-corrected chi connectivity index (χ3v) is 2.11. The Hall–Kier alpha value is -2.16. The summed E-state index contributed by atoms with van der Waals surface area (Å²) in [6, 6.07) is 3.19. The molecule has 5 nitrogen and oxygen atoms in total. The molecular formula is C11H10F4N2O3. The second-order valence-electron chi connectivity index (χ2n) is 3.73. The molecule has 0 atom stereocenters. The van der Waals surface area contributed by atoms with Crippen LogP contribution in [0.15, 0.2) is 18.2 Å². The molecule has 0 spiro atoms.